The van der Waals surface area contributed by atoms with Crippen molar-refractivity contribution in [1.82, 2.24) is 9.88 Å². The number of ketones is 1. The molecule has 8 nitrogen and oxygen atoms in total. The summed E-state index contributed by atoms with van der Waals surface area (Å²) in [6.07, 6.45) is 1.60. The number of methoxy groups -OCH3 is 2. The quantitative estimate of drug-likeness (QED) is 0.136. The van der Waals surface area contributed by atoms with Crippen molar-refractivity contribution in [2.45, 2.75) is 12.6 Å². The fourth-order valence-electron chi connectivity index (χ4n) is 4.72. The normalized spacial score (nSPS) is 16.1. The Labute approximate surface area is 246 Å². The molecule has 1 aromatic heterocycles. The number of rotatable bonds is 8. The monoisotopic (exact) mass is 590 g/mol. The average Bonchev–Trinajstić information content (AvgIpc) is 3.23. The van der Waals surface area contributed by atoms with Crippen LogP contribution in [0.25, 0.3) is 5.76 Å². The lowest BCUT2D eigenvalue weighted by Crippen LogP contribution is -2.29. The second-order valence-corrected chi connectivity index (χ2v) is 9.81. The molecule has 0 saturated carbocycles. The van der Waals surface area contributed by atoms with E-state index < -0.39 is 23.5 Å². The number of carbonyl (C=O) groups excluding carboxylic acids is 2. The van der Waals surface area contributed by atoms with Gasteiger partial charge < -0.3 is 24.2 Å². The minimum absolute atomic E-state index is 0.00146. The Morgan fingerprint density at radius 2 is 1.61 bits per heavy atom. The van der Waals surface area contributed by atoms with Gasteiger partial charge in [-0.05, 0) is 48.0 Å². The van der Waals surface area contributed by atoms with Crippen molar-refractivity contribution in [3.05, 3.63) is 117 Å². The van der Waals surface area contributed by atoms with Gasteiger partial charge in [0.05, 0.1) is 48.7 Å². The Bertz CT molecular complexity index is 1640. The molecular weight excluding hydrogens is 567 g/mol. The highest BCUT2D eigenvalue weighted by molar-refractivity contribution is 6.47. The van der Waals surface area contributed by atoms with Crippen LogP contribution in [0, 0.1) is 0 Å². The summed E-state index contributed by atoms with van der Waals surface area (Å²) in [6.45, 7) is 0.0118. The molecule has 1 atom stereocenters. The molecular formula is C31H24Cl2N2O6. The van der Waals surface area contributed by atoms with E-state index in [1.807, 2.05) is 30.3 Å². The van der Waals surface area contributed by atoms with Crippen LogP contribution in [0.1, 0.15) is 22.9 Å². The van der Waals surface area contributed by atoms with E-state index in [4.69, 9.17) is 37.4 Å². The molecule has 2 heterocycles. The van der Waals surface area contributed by atoms with E-state index in [1.165, 1.54) is 25.2 Å². The first-order chi connectivity index (χ1) is 19.8. The Kier molecular flexibility index (Phi) is 8.14. The Morgan fingerprint density at radius 3 is 2.29 bits per heavy atom. The van der Waals surface area contributed by atoms with Crippen LogP contribution in [0.2, 0.25) is 10.0 Å². The number of nitrogens with zero attached hydrogens (tertiary/aromatic N) is 2. The maximum absolute atomic E-state index is 13.6. The van der Waals surface area contributed by atoms with Gasteiger partial charge in [0.15, 0.2) is 11.5 Å². The molecule has 0 aliphatic carbocycles. The number of para-hydroxylation sites is 1. The number of aliphatic hydroxyl groups excluding tert-OH is 1. The summed E-state index contributed by atoms with van der Waals surface area (Å²) in [5.41, 5.74) is 0.947. The lowest BCUT2D eigenvalue weighted by molar-refractivity contribution is -0.140. The third-order valence-corrected chi connectivity index (χ3v) is 7.17. The first-order valence-electron chi connectivity index (χ1n) is 12.5. The summed E-state index contributed by atoms with van der Waals surface area (Å²) >= 11 is 12.8. The SMILES string of the molecule is COc1c(Cl)cc(/C(O)=C2\C(=O)C(=O)N(Cc3ccccn3)C2c2cccc(Oc3ccccc3)c2)c(OC)c1Cl. The van der Waals surface area contributed by atoms with Gasteiger partial charge in [-0.15, -0.1) is 0 Å². The molecule has 0 spiro atoms. The topological polar surface area (TPSA) is 98.2 Å². The Hall–Kier alpha value is -4.53. The van der Waals surface area contributed by atoms with E-state index in [0.717, 1.165) is 0 Å². The minimum Gasteiger partial charge on any atom is -0.507 e. The fourth-order valence-corrected chi connectivity index (χ4v) is 5.41. The summed E-state index contributed by atoms with van der Waals surface area (Å²) in [6, 6.07) is 21.8. The second-order valence-electron chi connectivity index (χ2n) is 9.02. The summed E-state index contributed by atoms with van der Waals surface area (Å²) in [7, 11) is 2.74. The highest BCUT2D eigenvalue weighted by Crippen LogP contribution is 2.47. The first kappa shape index (κ1) is 28.0. The van der Waals surface area contributed by atoms with E-state index in [1.54, 1.807) is 48.7 Å². The number of carbonyl (C=O) groups is 2. The van der Waals surface area contributed by atoms with Gasteiger partial charge in [0.2, 0.25) is 0 Å². The third-order valence-electron chi connectivity index (χ3n) is 6.55. The lowest BCUT2D eigenvalue weighted by atomic mass is 9.94. The van der Waals surface area contributed by atoms with Gasteiger partial charge in [-0.3, -0.25) is 14.6 Å². The van der Waals surface area contributed by atoms with Crippen molar-refractivity contribution < 1.29 is 28.9 Å². The van der Waals surface area contributed by atoms with Crippen LogP contribution in [-0.4, -0.2) is 40.9 Å². The fraction of sp³-hybridized carbons (Fsp3) is 0.129. The predicted molar refractivity (Wildman–Crippen MR) is 155 cm³/mol. The van der Waals surface area contributed by atoms with Crippen molar-refractivity contribution in [2.75, 3.05) is 14.2 Å². The van der Waals surface area contributed by atoms with Crippen molar-refractivity contribution in [3.8, 4) is 23.0 Å². The maximum Gasteiger partial charge on any atom is 0.296 e. The van der Waals surface area contributed by atoms with Crippen LogP contribution < -0.4 is 14.2 Å². The van der Waals surface area contributed by atoms with Crippen LogP contribution in [0.3, 0.4) is 0 Å². The van der Waals surface area contributed by atoms with Gasteiger partial charge in [-0.1, -0.05) is 59.6 Å². The molecule has 0 bridgehead atoms. The number of Topliss-reactive ketones (excluding diaryl/α,β-unsaturated/α-hetero) is 1. The zero-order valence-corrected chi connectivity index (χ0v) is 23.5. The highest BCUT2D eigenvalue weighted by Gasteiger charge is 2.46. The maximum atomic E-state index is 13.6. The van der Waals surface area contributed by atoms with Gasteiger partial charge >= 0.3 is 0 Å². The number of ether oxygens (including phenoxy) is 3. The number of amides is 1. The number of pyridine rings is 1. The summed E-state index contributed by atoms with van der Waals surface area (Å²) in [4.78, 5) is 32.7. The average molecular weight is 591 g/mol. The molecule has 5 rings (SSSR count). The van der Waals surface area contributed by atoms with Crippen molar-refractivity contribution in [2.24, 2.45) is 0 Å². The van der Waals surface area contributed by atoms with E-state index in [9.17, 15) is 14.7 Å². The molecule has 1 saturated heterocycles. The molecule has 1 fully saturated rings. The Balaban J connectivity index is 1.69. The summed E-state index contributed by atoms with van der Waals surface area (Å²) < 4.78 is 16.7. The minimum atomic E-state index is -0.999. The van der Waals surface area contributed by atoms with Crippen LogP contribution >= 0.6 is 23.2 Å². The largest absolute Gasteiger partial charge is 0.507 e. The number of hydrogen-bond acceptors (Lipinski definition) is 7. The highest BCUT2D eigenvalue weighted by atomic mass is 35.5. The number of hydrogen-bond donors (Lipinski definition) is 1. The number of aliphatic hydroxyl groups is 1. The van der Waals surface area contributed by atoms with Crippen LogP contribution in [0.5, 0.6) is 23.0 Å². The number of aromatic nitrogens is 1. The zero-order chi connectivity index (χ0) is 29.1. The van der Waals surface area contributed by atoms with Gasteiger partial charge in [0.1, 0.15) is 22.3 Å². The number of halogens is 2. The number of likely N-dealkylation sites (tertiary alicyclic amines) is 1. The third kappa shape index (κ3) is 5.44. The molecule has 10 heteroatoms. The predicted octanol–water partition coefficient (Wildman–Crippen LogP) is 6.82. The van der Waals surface area contributed by atoms with Crippen molar-refractivity contribution in [1.29, 1.82) is 0 Å². The molecule has 1 N–H and O–H groups in total. The molecule has 1 aliphatic heterocycles. The van der Waals surface area contributed by atoms with Crippen LogP contribution in [0.15, 0.2) is 90.6 Å². The molecule has 1 aliphatic rings. The van der Waals surface area contributed by atoms with E-state index in [0.29, 0.717) is 22.8 Å². The van der Waals surface area contributed by atoms with E-state index in [2.05, 4.69) is 4.98 Å². The zero-order valence-electron chi connectivity index (χ0n) is 22.0. The smallest absolute Gasteiger partial charge is 0.296 e. The van der Waals surface area contributed by atoms with Gasteiger partial charge in [0, 0.05) is 6.20 Å². The Morgan fingerprint density at radius 1 is 0.902 bits per heavy atom. The first-order valence-corrected chi connectivity index (χ1v) is 13.2. The second kappa shape index (κ2) is 11.9. The van der Waals surface area contributed by atoms with Crippen molar-refractivity contribution >= 4 is 40.7 Å². The summed E-state index contributed by atoms with van der Waals surface area (Å²) in [5.74, 6) is -0.940. The van der Waals surface area contributed by atoms with Gasteiger partial charge in [0.25, 0.3) is 11.7 Å². The molecule has 41 heavy (non-hydrogen) atoms. The molecule has 1 unspecified atom stereocenters. The van der Waals surface area contributed by atoms with Crippen molar-refractivity contribution in [3.63, 3.8) is 0 Å². The van der Waals surface area contributed by atoms with E-state index >= 15 is 0 Å². The van der Waals surface area contributed by atoms with Gasteiger partial charge in [-0.2, -0.15) is 0 Å². The molecule has 1 amide bonds. The van der Waals surface area contributed by atoms with Crippen LogP contribution in [-0.2, 0) is 16.1 Å². The van der Waals surface area contributed by atoms with E-state index in [-0.39, 0.29) is 39.2 Å². The molecule has 0 radical (unpaired) electrons. The van der Waals surface area contributed by atoms with Crippen LogP contribution in [0.4, 0.5) is 0 Å². The molecule has 4 aromatic rings. The molecule has 3 aromatic carbocycles. The lowest BCUT2D eigenvalue weighted by Gasteiger charge is -2.25. The molecule has 208 valence electrons. The van der Waals surface area contributed by atoms with Gasteiger partial charge in [-0.25, -0.2) is 0 Å². The number of benzene rings is 3. The summed E-state index contributed by atoms with van der Waals surface area (Å²) in [5, 5.41) is 11.7. The standard InChI is InChI=1S/C31H24Cl2N2O6/c1-39-29-22(16-23(32)30(40-2)25(29)33)27(36)24-26(35(31(38)28(24)37)17-19-10-6-7-14-34-19)18-9-8-13-21(15-18)41-20-11-4-3-5-12-20/h3-16,26,36H,17H2,1-2H3/b27-24+.